The number of aliphatic carboxylic acids is 1. The van der Waals surface area contributed by atoms with Gasteiger partial charge in [0.2, 0.25) is 0 Å². The van der Waals surface area contributed by atoms with Gasteiger partial charge < -0.3 is 19.7 Å². The van der Waals surface area contributed by atoms with Crippen molar-refractivity contribution in [1.82, 2.24) is 10.2 Å². The van der Waals surface area contributed by atoms with Crippen LogP contribution in [0.3, 0.4) is 0 Å². The van der Waals surface area contributed by atoms with Gasteiger partial charge in [-0.15, -0.1) is 0 Å². The molecule has 0 aromatic carbocycles. The highest BCUT2D eigenvalue weighted by atomic mass is 16.4. The Hall–Kier alpha value is -1.98. The average molecular weight is 292 g/mol. The van der Waals surface area contributed by atoms with Gasteiger partial charge in [-0.25, -0.2) is 4.79 Å². The first-order valence-electron chi connectivity index (χ1n) is 7.46. The van der Waals surface area contributed by atoms with Gasteiger partial charge in [0, 0.05) is 12.1 Å². The molecule has 2 aliphatic carbocycles. The van der Waals surface area contributed by atoms with Crippen LogP contribution in [0.15, 0.2) is 22.8 Å². The van der Waals surface area contributed by atoms with Crippen LogP contribution in [0.2, 0.25) is 0 Å². The second-order valence-corrected chi connectivity index (χ2v) is 5.93. The number of nitrogens with one attached hydrogen (secondary N) is 1. The third-order valence-corrected chi connectivity index (χ3v) is 4.26. The fourth-order valence-corrected chi connectivity index (χ4v) is 2.92. The first-order chi connectivity index (χ1) is 10.1. The van der Waals surface area contributed by atoms with Crippen molar-refractivity contribution in [2.24, 2.45) is 5.92 Å². The summed E-state index contributed by atoms with van der Waals surface area (Å²) >= 11 is 0. The Bertz CT molecular complexity index is 510. The predicted molar refractivity (Wildman–Crippen MR) is 74.6 cm³/mol. The Labute approximate surface area is 123 Å². The third kappa shape index (κ3) is 3.37. The lowest BCUT2D eigenvalue weighted by Gasteiger charge is -2.24. The van der Waals surface area contributed by atoms with Crippen molar-refractivity contribution >= 4 is 12.0 Å². The molecule has 0 unspecified atom stereocenters. The van der Waals surface area contributed by atoms with Gasteiger partial charge in [0.25, 0.3) is 0 Å². The van der Waals surface area contributed by atoms with Gasteiger partial charge in [-0.05, 0) is 44.2 Å². The molecule has 2 N–H and O–H groups in total. The summed E-state index contributed by atoms with van der Waals surface area (Å²) in [6.45, 7) is 0.471. The smallest absolute Gasteiger partial charge is 0.318 e. The van der Waals surface area contributed by atoms with Crippen molar-refractivity contribution in [1.29, 1.82) is 0 Å². The SMILES string of the molecule is O=C(O)[C@@H]1CC[C@H](NC(=O)N(Cc2ccco2)C2CC2)C1. The Morgan fingerprint density at radius 3 is 2.71 bits per heavy atom. The first-order valence-corrected chi connectivity index (χ1v) is 7.46. The zero-order chi connectivity index (χ0) is 14.8. The van der Waals surface area contributed by atoms with E-state index in [4.69, 9.17) is 9.52 Å². The van der Waals surface area contributed by atoms with Crippen molar-refractivity contribution in [3.05, 3.63) is 24.2 Å². The van der Waals surface area contributed by atoms with Gasteiger partial charge in [-0.2, -0.15) is 0 Å². The van der Waals surface area contributed by atoms with E-state index in [1.165, 1.54) is 0 Å². The highest BCUT2D eigenvalue weighted by molar-refractivity contribution is 5.76. The monoisotopic (exact) mass is 292 g/mol. The average Bonchev–Trinajstić information content (AvgIpc) is 2.97. The van der Waals surface area contributed by atoms with E-state index in [1.54, 1.807) is 11.2 Å². The van der Waals surface area contributed by atoms with Gasteiger partial charge in [0.15, 0.2) is 0 Å². The van der Waals surface area contributed by atoms with Gasteiger partial charge in [0.05, 0.1) is 18.7 Å². The highest BCUT2D eigenvalue weighted by Crippen LogP contribution is 2.30. The maximum atomic E-state index is 12.4. The van der Waals surface area contributed by atoms with Crippen LogP contribution in [0.5, 0.6) is 0 Å². The minimum Gasteiger partial charge on any atom is -0.481 e. The zero-order valence-corrected chi connectivity index (χ0v) is 11.8. The van der Waals surface area contributed by atoms with Crippen molar-refractivity contribution in [2.75, 3.05) is 0 Å². The number of hydrogen-bond donors (Lipinski definition) is 2. The molecular weight excluding hydrogens is 272 g/mol. The Balaban J connectivity index is 1.56. The zero-order valence-electron chi connectivity index (χ0n) is 11.8. The molecule has 1 aromatic heterocycles. The Kier molecular flexibility index (Phi) is 3.86. The molecule has 114 valence electrons. The Morgan fingerprint density at radius 2 is 2.14 bits per heavy atom. The van der Waals surface area contributed by atoms with Crippen molar-refractivity contribution in [2.45, 2.75) is 50.7 Å². The molecule has 0 saturated heterocycles. The molecule has 2 amide bonds. The molecule has 2 aliphatic rings. The van der Waals surface area contributed by atoms with E-state index >= 15 is 0 Å². The fourth-order valence-electron chi connectivity index (χ4n) is 2.92. The molecule has 3 rings (SSSR count). The van der Waals surface area contributed by atoms with E-state index < -0.39 is 5.97 Å². The number of carbonyl (C=O) groups is 2. The van der Waals surface area contributed by atoms with Crippen LogP contribution < -0.4 is 5.32 Å². The molecule has 6 nitrogen and oxygen atoms in total. The summed E-state index contributed by atoms with van der Waals surface area (Å²) in [6.07, 6.45) is 5.56. The summed E-state index contributed by atoms with van der Waals surface area (Å²) in [6, 6.07) is 3.82. The third-order valence-electron chi connectivity index (χ3n) is 4.26. The molecule has 2 saturated carbocycles. The van der Waals surface area contributed by atoms with Gasteiger partial charge in [0.1, 0.15) is 5.76 Å². The fraction of sp³-hybridized carbons (Fsp3) is 0.600. The van der Waals surface area contributed by atoms with Crippen molar-refractivity contribution in [3.8, 4) is 0 Å². The molecule has 0 spiro atoms. The first kappa shape index (κ1) is 14.0. The summed E-state index contributed by atoms with van der Waals surface area (Å²) in [5.41, 5.74) is 0. The van der Waals surface area contributed by atoms with Crippen LogP contribution in [-0.4, -0.2) is 34.1 Å². The maximum Gasteiger partial charge on any atom is 0.318 e. The Morgan fingerprint density at radius 1 is 1.33 bits per heavy atom. The molecule has 0 bridgehead atoms. The molecule has 1 heterocycles. The summed E-state index contributed by atoms with van der Waals surface area (Å²) < 4.78 is 5.31. The summed E-state index contributed by atoms with van der Waals surface area (Å²) in [7, 11) is 0. The summed E-state index contributed by atoms with van der Waals surface area (Å²) in [4.78, 5) is 25.2. The number of urea groups is 1. The molecule has 21 heavy (non-hydrogen) atoms. The summed E-state index contributed by atoms with van der Waals surface area (Å²) in [5, 5.41) is 12.0. The van der Waals surface area contributed by atoms with Crippen LogP contribution in [0, 0.1) is 5.92 Å². The molecule has 6 heteroatoms. The topological polar surface area (TPSA) is 82.8 Å². The van der Waals surface area contributed by atoms with E-state index in [-0.39, 0.29) is 24.0 Å². The van der Waals surface area contributed by atoms with Crippen molar-refractivity contribution < 1.29 is 19.1 Å². The molecule has 0 radical (unpaired) electrons. The van der Waals surface area contributed by atoms with E-state index in [9.17, 15) is 9.59 Å². The quantitative estimate of drug-likeness (QED) is 0.871. The van der Waals surface area contributed by atoms with Crippen LogP contribution in [0.1, 0.15) is 37.9 Å². The number of amides is 2. The van der Waals surface area contributed by atoms with Crippen molar-refractivity contribution in [3.63, 3.8) is 0 Å². The second kappa shape index (κ2) is 5.79. The molecule has 2 atom stereocenters. The van der Waals surface area contributed by atoms with Crippen LogP contribution in [0.25, 0.3) is 0 Å². The van der Waals surface area contributed by atoms with Crippen LogP contribution >= 0.6 is 0 Å². The van der Waals surface area contributed by atoms with Gasteiger partial charge in [-0.1, -0.05) is 0 Å². The highest BCUT2D eigenvalue weighted by Gasteiger charge is 2.36. The van der Waals surface area contributed by atoms with E-state index in [0.29, 0.717) is 19.4 Å². The minimum absolute atomic E-state index is 0.0311. The van der Waals surface area contributed by atoms with E-state index in [2.05, 4.69) is 5.32 Å². The number of carbonyl (C=O) groups excluding carboxylic acids is 1. The number of hydrogen-bond acceptors (Lipinski definition) is 3. The number of carboxylic acid groups (broad SMARTS) is 1. The van der Waals surface area contributed by atoms with Gasteiger partial charge in [-0.3, -0.25) is 4.79 Å². The number of carboxylic acids is 1. The largest absolute Gasteiger partial charge is 0.481 e. The number of nitrogens with zero attached hydrogens (tertiary/aromatic N) is 1. The lowest BCUT2D eigenvalue weighted by atomic mass is 10.1. The number of rotatable bonds is 5. The van der Waals surface area contributed by atoms with E-state index in [0.717, 1.165) is 25.0 Å². The lowest BCUT2D eigenvalue weighted by molar-refractivity contribution is -0.141. The van der Waals surface area contributed by atoms with Crippen LogP contribution in [-0.2, 0) is 11.3 Å². The lowest BCUT2D eigenvalue weighted by Crippen LogP contribution is -2.44. The molecule has 1 aromatic rings. The van der Waals surface area contributed by atoms with Gasteiger partial charge >= 0.3 is 12.0 Å². The second-order valence-electron chi connectivity index (χ2n) is 5.93. The predicted octanol–water partition coefficient (Wildman–Crippen LogP) is 2.21. The maximum absolute atomic E-state index is 12.4. The molecule has 2 fully saturated rings. The van der Waals surface area contributed by atoms with Crippen LogP contribution in [0.4, 0.5) is 4.79 Å². The standard InChI is InChI=1S/C15H20N2O4/c18-14(19)10-3-4-11(8-10)16-15(20)17(12-5-6-12)9-13-2-1-7-21-13/h1-2,7,10-12H,3-6,8-9H2,(H,16,20)(H,18,19)/t10-,11+/m1/s1. The minimum atomic E-state index is -0.763. The normalized spacial score (nSPS) is 24.8. The number of furan rings is 1. The van der Waals surface area contributed by atoms with E-state index in [1.807, 2.05) is 12.1 Å². The molecule has 0 aliphatic heterocycles. The summed E-state index contributed by atoms with van der Waals surface area (Å²) in [5.74, 6) is -0.317. The molecular formula is C15H20N2O4.